The van der Waals surface area contributed by atoms with Crippen molar-refractivity contribution in [1.29, 1.82) is 0 Å². The van der Waals surface area contributed by atoms with Crippen LogP contribution in [0.4, 0.5) is 0 Å². The Morgan fingerprint density at radius 3 is 0.171 bits per heavy atom. The number of rotatable bonds is 0. The SMILES string of the molecule is NC(N)=[NH2+].NC(N)=[NH2+].NC(N)=[NH2+].NC(N)=[NH2+].NC(N)=[NH2+].NC(N)=[NH2+].NC(N)=[NH2+].NC(N)=[NH2+].NC(N)=[NH2+].NC(N)=[NH2+].O.O.O.O.O.O=P([O-])([O-])O.O=P([O-])([O-])O.O=P([O-])([O-])[O-].O=P([O-])([O-])[O-].[Mo].[Mo].[Mo].[Mo].[Mo].[Mo].[Mo].[Mo].[Mo].[Mo].[O-2].[O-2].[O-2].[O-2].[O-2].[O-2].[O-2].[O-2].[O-2].[O-2].[O-2].[O-2].[O-2].[O-2].[O-2].[O-2].[O-2].[O-2].[O-2].[O-2].[O-2].[O-2].[O-2].[O-2].[O-2].[O-2].[O-2].[O-2].[O-2].[O-2]. The van der Waals surface area contributed by atoms with E-state index in [2.05, 4.69) is 169 Å². The topological polar surface area (TPSA) is 2130 Å². The van der Waals surface area contributed by atoms with Gasteiger partial charge in [0.25, 0.3) is 0 Å². The summed E-state index contributed by atoms with van der Waals surface area (Å²) in [6, 6.07) is 0. The van der Waals surface area contributed by atoms with Crippen molar-refractivity contribution in [1.82, 2.24) is 0 Å². The monoisotopic (exact) mass is 2530 g/mol. The van der Waals surface area contributed by atoms with Crippen LogP contribution < -0.4 is 218 Å². The fourth-order valence-corrected chi connectivity index (χ4v) is 0. The number of phosphoric acid groups is 4. The summed E-state index contributed by atoms with van der Waals surface area (Å²) in [5.41, 5.74) is 91.7. The van der Waals surface area contributed by atoms with Crippen molar-refractivity contribution in [3.8, 4) is 0 Å². The van der Waals surface area contributed by atoms with Crippen molar-refractivity contribution in [2.24, 2.45) is 115 Å². The van der Waals surface area contributed by atoms with Gasteiger partial charge in [-0.1, -0.05) is 0 Å². The number of nitrogens with two attached hydrogens (primary N) is 30. The predicted molar refractivity (Wildman–Crippen MR) is 227 cm³/mol. The van der Waals surface area contributed by atoms with E-state index in [-0.39, 0.29) is 462 Å². The molecule has 0 rings (SSSR count). The summed E-state index contributed by atoms with van der Waals surface area (Å²) in [5, 5.41) is 45.8. The molecule has 72 N–H and O–H groups in total. The van der Waals surface area contributed by atoms with E-state index in [4.69, 9.17) is 77.0 Å². The Balaban J connectivity index is -0.00000000369. The average Bonchev–Trinajstić information content (AvgIpc) is 2.69. The minimum Gasteiger partial charge on any atom is -2.00 e. The molecule has 0 aromatic heterocycles. The zero-order chi connectivity index (χ0) is 53.8. The fourth-order valence-electron chi connectivity index (χ4n) is 0. The Bertz CT molecular complexity index is 1080. The summed E-state index contributed by atoms with van der Waals surface area (Å²) < 4.78 is 34.4. The smallest absolute Gasteiger partial charge is 0.336 e. The van der Waals surface area contributed by atoms with Crippen LogP contribution in [0.15, 0.2) is 0 Å². The van der Waals surface area contributed by atoms with Crippen LogP contribution in [0.3, 0.4) is 0 Å². The van der Waals surface area contributed by atoms with Gasteiger partial charge in [-0.05, 0) is 0 Å². The van der Waals surface area contributed by atoms with Gasteiger partial charge in [-0.2, -0.15) is 15.6 Å². The summed E-state index contributed by atoms with van der Waals surface area (Å²) in [5.74, 6) is -0.833. The van der Waals surface area contributed by atoms with Gasteiger partial charge in [0, 0.05) is 211 Å². The third-order valence-corrected chi connectivity index (χ3v) is 0. The summed E-state index contributed by atoms with van der Waals surface area (Å²) in [4.78, 5) is 99.9. The van der Waals surface area contributed by atoms with E-state index in [0.29, 0.717) is 0 Å². The molecule has 0 radical (unpaired) electrons. The molecule has 0 saturated heterocycles. The van der Waals surface area contributed by atoms with Gasteiger partial charge in [0.2, 0.25) is 0 Å². The van der Waals surface area contributed by atoms with E-state index in [1.54, 1.807) is 0 Å². The van der Waals surface area contributed by atoms with E-state index in [9.17, 15) is 0 Å². The summed E-state index contributed by atoms with van der Waals surface area (Å²) in [6.07, 6.45) is 0. The van der Waals surface area contributed by atoms with Crippen LogP contribution in [0.2, 0.25) is 0 Å². The molecule has 95 heteroatoms. The zero-order valence-corrected chi connectivity index (χ0v) is 73.2. The van der Waals surface area contributed by atoms with Crippen LogP contribution in [0.25, 0.3) is 0 Å². The van der Waals surface area contributed by atoms with Gasteiger partial charge >= 0.3 is 59.6 Å². The molecule has 0 bridgehead atoms. The molecule has 0 amide bonds. The molecule has 105 heavy (non-hydrogen) atoms. The van der Waals surface area contributed by atoms with Crippen LogP contribution in [-0.2, 0) is 393 Å². The molecule has 708 valence electrons. The molecule has 0 heterocycles. The van der Waals surface area contributed by atoms with E-state index >= 15 is 0 Å². The maximum absolute atomic E-state index is 8.66. The van der Waals surface area contributed by atoms with Crippen molar-refractivity contribution in [2.75, 3.05) is 0 Å². The van der Waals surface area contributed by atoms with Gasteiger partial charge in [0.15, 0.2) is 0 Å². The maximum Gasteiger partial charge on any atom is 0.336 e. The van der Waals surface area contributed by atoms with Gasteiger partial charge in [0.1, 0.15) is 0 Å². The number of hydrogen-bond donors (Lipinski definition) is 32. The average molecular weight is 2510 g/mol. The second kappa shape index (κ2) is 383. The van der Waals surface area contributed by atoms with Gasteiger partial charge in [-0.3, -0.25) is 169 Å². The van der Waals surface area contributed by atoms with Crippen LogP contribution in [-0.4, -0.2) is 96.8 Å². The molecule has 81 nitrogen and oxygen atoms in total. The Morgan fingerprint density at radius 2 is 0.171 bits per heavy atom. The molecular weight excluding hydrogens is 2440 g/mol. The maximum atomic E-state index is 8.66. The number of hydrogen-bond acceptors (Lipinski definition) is 14. The van der Waals surface area contributed by atoms with Gasteiger partial charge in [-0.25, -0.2) is 0 Å². The molecule has 0 unspecified atom stereocenters. The van der Waals surface area contributed by atoms with E-state index in [0.717, 1.165) is 0 Å². The largest absolute Gasteiger partial charge is 2.00 e. The first-order valence-electron chi connectivity index (χ1n) is 11.6. The summed E-state index contributed by atoms with van der Waals surface area (Å²) >= 11 is 0. The van der Waals surface area contributed by atoms with Crippen molar-refractivity contribution in [2.45, 2.75) is 0 Å². The molecule has 0 fully saturated rings. The molecule has 0 aliphatic rings. The third kappa shape index (κ3) is 548000. The first-order chi connectivity index (χ1) is 25.3. The molecule has 0 aliphatic carbocycles. The second-order valence-electron chi connectivity index (χ2n) is 6.83. The first kappa shape index (κ1) is 548. The molecule has 0 aromatic carbocycles. The van der Waals surface area contributed by atoms with Gasteiger partial charge in [-0.15, -0.1) is 0 Å². The molecule has 0 aliphatic heterocycles. The number of guanidine groups is 10. The Labute approximate surface area is 732 Å². The standard InChI is InChI=1S/10CH5N3.10Mo.4H3O4P.5H2O.30O/c10*2-1(3)4;;;;;;;;;;;4*1-5(2,3)4;;;;;;;;;;;;;;;;;;;;;;;;;;;;;;;;;;;/h10*(H5,2,3,4);;;;;;;;;;;4*(H3,1,2,3,4);5*1H2;;;;;;;;;;;;;;;;;;;;;;;;;;;;;;/q;;;;;;;;;;;;;;;;;;;;;;;;;;;;;30*-2. The molecule has 0 saturated carbocycles. The van der Waals surface area contributed by atoms with Crippen molar-refractivity contribution < 1.29 is 533 Å². The fraction of sp³-hybridized carbons (Fsp3) is 0. The van der Waals surface area contributed by atoms with Crippen LogP contribution in [0.5, 0.6) is 0 Å². The quantitative estimate of drug-likeness (QED) is 0.0463. The Morgan fingerprint density at radius 1 is 0.171 bits per heavy atom. The summed E-state index contributed by atoms with van der Waals surface area (Å²) in [6.45, 7) is 0. The van der Waals surface area contributed by atoms with Crippen LogP contribution >= 0.6 is 31.3 Å². The minimum absolute atomic E-state index is 0. The van der Waals surface area contributed by atoms with E-state index in [1.165, 1.54) is 0 Å². The Kier molecular flexibility index (Phi) is 2000. The minimum atomic E-state index is -5.39. The van der Waals surface area contributed by atoms with E-state index < -0.39 is 31.3 Å². The Hall–Kier alpha value is -1.38. The van der Waals surface area contributed by atoms with Gasteiger partial charge < -0.3 is 269 Å². The van der Waals surface area contributed by atoms with Crippen LogP contribution in [0.1, 0.15) is 0 Å². The summed E-state index contributed by atoms with van der Waals surface area (Å²) in [7, 11) is -21.1. The van der Waals surface area contributed by atoms with Gasteiger partial charge in [0.05, 0.1) is 15.6 Å². The van der Waals surface area contributed by atoms with Crippen molar-refractivity contribution in [3.63, 3.8) is 0 Å². The molecular formula is C10H72Mo10N30O51P4-60. The van der Waals surface area contributed by atoms with Crippen LogP contribution in [0, 0.1) is 0 Å². The first-order valence-corrected chi connectivity index (χ1v) is 17.5. The zero-order valence-electron chi connectivity index (χ0n) is 49.5. The molecule has 0 spiro atoms. The van der Waals surface area contributed by atoms with Crippen molar-refractivity contribution >= 4 is 90.9 Å². The molecule has 0 atom stereocenters. The predicted octanol–water partition coefficient (Wildman–Crippen LogP) is -47.6. The second-order valence-corrected chi connectivity index (χ2v) is 10.5. The third-order valence-electron chi connectivity index (χ3n) is 0. The van der Waals surface area contributed by atoms with Crippen molar-refractivity contribution in [3.05, 3.63) is 0 Å². The normalized spacial score (nSPS) is 4.53. The molecule has 0 aromatic rings. The van der Waals surface area contributed by atoms with E-state index in [1.807, 2.05) is 0 Å².